The van der Waals surface area contributed by atoms with Gasteiger partial charge in [-0.3, -0.25) is 0 Å². The van der Waals surface area contributed by atoms with Gasteiger partial charge in [0.2, 0.25) is 0 Å². The maximum Gasteiger partial charge on any atom is 0.282 e. The predicted octanol–water partition coefficient (Wildman–Crippen LogP) is 5.05. The van der Waals surface area contributed by atoms with E-state index >= 15 is 0 Å². The molecule has 3 rings (SSSR count). The number of nitrogens with zero attached hydrogens (tertiary/aromatic N) is 2. The number of hydrogen-bond donors (Lipinski definition) is 0. The standard InChI is InChI=1S/C18H12Br2Cl2N2O4S2/c19-17-15(23-29(25,26)13-5-1-11(21)2-6-13)9-10-16(18(17)20)24-30(27,28)14-7-3-12(22)4-8-14/h1-10,17-18H/b23-15+,24-16+. The largest absolute Gasteiger partial charge is 0.282 e. The summed E-state index contributed by atoms with van der Waals surface area (Å²) in [5.74, 6) is 0. The Morgan fingerprint density at radius 2 is 0.933 bits per heavy atom. The first kappa shape index (κ1) is 23.6. The zero-order valence-electron chi connectivity index (χ0n) is 14.8. The molecule has 30 heavy (non-hydrogen) atoms. The van der Waals surface area contributed by atoms with Crippen LogP contribution in [0.2, 0.25) is 10.0 Å². The van der Waals surface area contributed by atoms with Gasteiger partial charge in [-0.1, -0.05) is 55.1 Å². The van der Waals surface area contributed by atoms with E-state index < -0.39 is 29.7 Å². The number of rotatable bonds is 4. The van der Waals surface area contributed by atoms with E-state index in [0.717, 1.165) is 0 Å². The van der Waals surface area contributed by atoms with Crippen molar-refractivity contribution in [3.63, 3.8) is 0 Å². The number of benzene rings is 2. The van der Waals surface area contributed by atoms with Crippen molar-refractivity contribution in [2.75, 3.05) is 0 Å². The minimum atomic E-state index is -3.98. The van der Waals surface area contributed by atoms with Gasteiger partial charge < -0.3 is 0 Å². The van der Waals surface area contributed by atoms with Crippen molar-refractivity contribution >= 4 is 86.5 Å². The Hall–Kier alpha value is -1.04. The third kappa shape index (κ3) is 5.41. The molecule has 0 aromatic heterocycles. The quantitative estimate of drug-likeness (QED) is 0.451. The minimum absolute atomic E-state index is 0.0107. The lowest BCUT2D eigenvalue weighted by Gasteiger charge is -2.21. The molecule has 0 bridgehead atoms. The van der Waals surface area contributed by atoms with E-state index in [0.29, 0.717) is 10.0 Å². The molecule has 0 radical (unpaired) electrons. The molecule has 2 aromatic rings. The lowest BCUT2D eigenvalue weighted by Crippen LogP contribution is -2.34. The van der Waals surface area contributed by atoms with Crippen LogP contribution < -0.4 is 0 Å². The van der Waals surface area contributed by atoms with E-state index in [1.807, 2.05) is 0 Å². The summed E-state index contributed by atoms with van der Waals surface area (Å²) in [5, 5.41) is 0.807. The summed E-state index contributed by atoms with van der Waals surface area (Å²) in [4.78, 5) is -1.29. The highest BCUT2D eigenvalue weighted by molar-refractivity contribution is 9.12. The first-order chi connectivity index (χ1) is 14.0. The van der Waals surface area contributed by atoms with Gasteiger partial charge in [0.1, 0.15) is 0 Å². The molecular weight excluding hydrogens is 603 g/mol. The average molecular weight is 615 g/mol. The second-order valence-corrected chi connectivity index (χ2v) is 12.1. The van der Waals surface area contributed by atoms with Crippen LogP contribution in [0.3, 0.4) is 0 Å². The molecule has 0 spiro atoms. The molecule has 2 unspecified atom stereocenters. The number of sulfonamides is 2. The summed E-state index contributed by atoms with van der Waals surface area (Å²) in [7, 11) is -7.95. The summed E-state index contributed by atoms with van der Waals surface area (Å²) < 4.78 is 57.9. The van der Waals surface area contributed by atoms with Crippen LogP contribution in [0.25, 0.3) is 0 Å². The molecule has 0 amide bonds. The molecule has 6 nitrogen and oxygen atoms in total. The van der Waals surface area contributed by atoms with Crippen molar-refractivity contribution in [2.45, 2.75) is 19.4 Å². The summed E-state index contributed by atoms with van der Waals surface area (Å²) >= 11 is 18.3. The third-order valence-corrected chi connectivity index (χ3v) is 9.77. The Kier molecular flexibility index (Phi) is 7.26. The third-order valence-electron chi connectivity index (χ3n) is 3.92. The summed E-state index contributed by atoms with van der Waals surface area (Å²) in [6, 6.07) is 11.2. The predicted molar refractivity (Wildman–Crippen MR) is 127 cm³/mol. The van der Waals surface area contributed by atoms with Gasteiger partial charge in [0.25, 0.3) is 20.0 Å². The normalized spacial score (nSPS) is 22.5. The Labute approximate surface area is 201 Å². The van der Waals surface area contributed by atoms with Crippen LogP contribution >= 0.6 is 55.1 Å². The van der Waals surface area contributed by atoms with Gasteiger partial charge in [-0.2, -0.15) is 25.6 Å². The molecule has 2 aromatic carbocycles. The maximum atomic E-state index is 12.5. The van der Waals surface area contributed by atoms with Gasteiger partial charge in [0.15, 0.2) is 0 Å². The van der Waals surface area contributed by atoms with Crippen LogP contribution in [0.1, 0.15) is 0 Å². The van der Waals surface area contributed by atoms with E-state index in [-0.39, 0.29) is 21.2 Å². The second-order valence-electron chi connectivity index (χ2n) is 6.03. The molecule has 1 aliphatic rings. The van der Waals surface area contributed by atoms with E-state index in [1.54, 1.807) is 0 Å². The molecule has 0 fully saturated rings. The molecule has 158 valence electrons. The summed E-state index contributed by atoms with van der Waals surface area (Å²) in [5.41, 5.74) is 0.379. The van der Waals surface area contributed by atoms with Gasteiger partial charge >= 0.3 is 0 Å². The molecule has 0 saturated carbocycles. The summed E-state index contributed by atoms with van der Waals surface area (Å²) in [6.45, 7) is 0. The van der Waals surface area contributed by atoms with Crippen LogP contribution in [-0.4, -0.2) is 37.9 Å². The van der Waals surface area contributed by atoms with Crippen LogP contribution in [0.4, 0.5) is 0 Å². The molecule has 0 heterocycles. The highest BCUT2D eigenvalue weighted by atomic mass is 79.9. The van der Waals surface area contributed by atoms with E-state index in [9.17, 15) is 16.8 Å². The van der Waals surface area contributed by atoms with Crippen molar-refractivity contribution in [3.8, 4) is 0 Å². The second kappa shape index (κ2) is 9.22. The van der Waals surface area contributed by atoms with E-state index in [4.69, 9.17) is 23.2 Å². The fraction of sp³-hybridized carbons (Fsp3) is 0.111. The SMILES string of the molecule is O=S(=O)(/N=C1C=C/C(=N\S(=O)(=O)c2ccc(Cl)cc2)C(Br)C\1Br)c1ccc(Cl)cc1. The van der Waals surface area contributed by atoms with Crippen molar-refractivity contribution in [2.24, 2.45) is 8.80 Å². The first-order valence-corrected chi connectivity index (χ1v) is 13.6. The van der Waals surface area contributed by atoms with Gasteiger partial charge in [0, 0.05) is 10.0 Å². The molecule has 0 aliphatic heterocycles. The van der Waals surface area contributed by atoms with Gasteiger partial charge in [-0.15, -0.1) is 0 Å². The smallest absolute Gasteiger partial charge is 0.199 e. The number of alkyl halides is 2. The fourth-order valence-electron chi connectivity index (χ4n) is 2.41. The number of hydrogen-bond acceptors (Lipinski definition) is 4. The van der Waals surface area contributed by atoms with E-state index in [2.05, 4.69) is 40.7 Å². The van der Waals surface area contributed by atoms with Crippen LogP contribution in [0, 0.1) is 0 Å². The highest BCUT2D eigenvalue weighted by Gasteiger charge is 2.31. The molecule has 2 atom stereocenters. The lowest BCUT2D eigenvalue weighted by molar-refractivity contribution is 0.596. The van der Waals surface area contributed by atoms with Crippen molar-refractivity contribution < 1.29 is 16.8 Å². The highest BCUT2D eigenvalue weighted by Crippen LogP contribution is 2.27. The maximum absolute atomic E-state index is 12.5. The van der Waals surface area contributed by atoms with Gasteiger partial charge in [-0.25, -0.2) is 0 Å². The topological polar surface area (TPSA) is 93.0 Å². The average Bonchev–Trinajstić information content (AvgIpc) is 2.68. The van der Waals surface area contributed by atoms with Crippen molar-refractivity contribution in [1.82, 2.24) is 0 Å². The van der Waals surface area contributed by atoms with Gasteiger partial charge in [0.05, 0.1) is 30.9 Å². The minimum Gasteiger partial charge on any atom is -0.199 e. The zero-order chi connectivity index (χ0) is 22.1. The zero-order valence-corrected chi connectivity index (χ0v) is 21.1. The molecule has 0 N–H and O–H groups in total. The molecule has 0 saturated heterocycles. The van der Waals surface area contributed by atoms with Gasteiger partial charge in [-0.05, 0) is 60.7 Å². The van der Waals surface area contributed by atoms with Crippen molar-refractivity contribution in [1.29, 1.82) is 0 Å². The Morgan fingerprint density at radius 1 is 0.633 bits per heavy atom. The van der Waals surface area contributed by atoms with E-state index in [1.165, 1.54) is 60.7 Å². The Bertz CT molecular complexity index is 1160. The number of halogens is 4. The van der Waals surface area contributed by atoms with Crippen LogP contribution in [0.5, 0.6) is 0 Å². The molecule has 1 aliphatic carbocycles. The monoisotopic (exact) mass is 612 g/mol. The van der Waals surface area contributed by atoms with Crippen molar-refractivity contribution in [3.05, 3.63) is 70.7 Å². The van der Waals surface area contributed by atoms with Crippen LogP contribution in [0.15, 0.2) is 79.3 Å². The Balaban J connectivity index is 1.94. The van der Waals surface area contributed by atoms with Crippen LogP contribution in [-0.2, 0) is 20.0 Å². The fourth-order valence-corrected chi connectivity index (χ4v) is 6.06. The molecule has 12 heteroatoms. The number of allylic oxidation sites excluding steroid dienone is 2. The molecular formula is C18H12Br2Cl2N2O4S2. The lowest BCUT2D eigenvalue weighted by atomic mass is 10.0. The summed E-state index contributed by atoms with van der Waals surface area (Å²) in [6.07, 6.45) is 2.81. The Morgan fingerprint density at radius 3 is 1.23 bits per heavy atom. The first-order valence-electron chi connectivity index (χ1n) is 8.17.